The molecule has 0 radical (unpaired) electrons. The second-order valence-electron chi connectivity index (χ2n) is 6.45. The Labute approximate surface area is 137 Å². The smallest absolute Gasteiger partial charge is 0.154 e. The third-order valence-electron chi connectivity index (χ3n) is 4.24. The van der Waals surface area contributed by atoms with Crippen LogP contribution in [0.4, 0.5) is 4.39 Å². The quantitative estimate of drug-likeness (QED) is 0.592. The highest BCUT2D eigenvalue weighted by molar-refractivity contribution is 5.84. The number of aryl methyl sites for hydroxylation is 1. The molecule has 0 unspecified atom stereocenters. The van der Waals surface area contributed by atoms with Crippen LogP contribution in [0.5, 0.6) is 0 Å². The van der Waals surface area contributed by atoms with Crippen molar-refractivity contribution in [2.45, 2.75) is 26.4 Å². The highest BCUT2D eigenvalue weighted by atomic mass is 19.1. The van der Waals surface area contributed by atoms with Crippen LogP contribution in [0, 0.1) is 12.7 Å². The Kier molecular flexibility index (Phi) is 3.02. The van der Waals surface area contributed by atoms with Gasteiger partial charge >= 0.3 is 0 Å². The van der Waals surface area contributed by atoms with Gasteiger partial charge in [-0.1, -0.05) is 12.1 Å². The predicted molar refractivity (Wildman–Crippen MR) is 90.2 cm³/mol. The van der Waals surface area contributed by atoms with E-state index in [2.05, 4.69) is 15.0 Å². The van der Waals surface area contributed by atoms with Crippen LogP contribution < -0.4 is 0 Å². The summed E-state index contributed by atoms with van der Waals surface area (Å²) in [5, 5.41) is 10.0. The Morgan fingerprint density at radius 2 is 2.00 bits per heavy atom. The Bertz CT molecular complexity index is 1070. The van der Waals surface area contributed by atoms with Crippen LogP contribution in [0.3, 0.4) is 0 Å². The first kappa shape index (κ1) is 14.8. The van der Waals surface area contributed by atoms with Crippen LogP contribution >= 0.6 is 0 Å². The van der Waals surface area contributed by atoms with Crippen molar-refractivity contribution in [3.8, 4) is 11.3 Å². The summed E-state index contributed by atoms with van der Waals surface area (Å²) in [6.45, 7) is 5.03. The van der Waals surface area contributed by atoms with Gasteiger partial charge in [-0.2, -0.15) is 0 Å². The topological polar surface area (TPSA) is 66.2 Å². The molecule has 6 heteroatoms. The van der Waals surface area contributed by atoms with Crippen LogP contribution in [0.15, 0.2) is 36.7 Å². The van der Waals surface area contributed by atoms with Crippen molar-refractivity contribution in [3.63, 3.8) is 0 Å². The Morgan fingerprint density at radius 1 is 1.21 bits per heavy atom. The zero-order valence-corrected chi connectivity index (χ0v) is 13.6. The zero-order valence-electron chi connectivity index (χ0n) is 13.6. The van der Waals surface area contributed by atoms with Gasteiger partial charge in [-0.15, -0.1) is 0 Å². The van der Waals surface area contributed by atoms with E-state index in [1.807, 2.05) is 23.6 Å². The van der Waals surface area contributed by atoms with Crippen LogP contribution in [0.1, 0.15) is 25.2 Å². The molecule has 0 aliphatic rings. The van der Waals surface area contributed by atoms with E-state index in [0.29, 0.717) is 11.3 Å². The number of aromatic nitrogens is 4. The van der Waals surface area contributed by atoms with Crippen molar-refractivity contribution in [1.82, 2.24) is 19.4 Å². The number of hydrogen-bond acceptors (Lipinski definition) is 3. The van der Waals surface area contributed by atoms with Gasteiger partial charge < -0.3 is 10.1 Å². The van der Waals surface area contributed by atoms with E-state index < -0.39 is 11.4 Å². The minimum Gasteiger partial charge on any atom is -0.386 e. The monoisotopic (exact) mass is 324 g/mol. The van der Waals surface area contributed by atoms with Gasteiger partial charge in [0, 0.05) is 17.3 Å². The normalized spacial score (nSPS) is 12.4. The summed E-state index contributed by atoms with van der Waals surface area (Å²) in [4.78, 5) is 12.1. The molecule has 3 aromatic heterocycles. The van der Waals surface area contributed by atoms with Gasteiger partial charge in [0.25, 0.3) is 0 Å². The number of hydrogen-bond donors (Lipinski definition) is 2. The van der Waals surface area contributed by atoms with Gasteiger partial charge in [0.1, 0.15) is 11.6 Å². The van der Waals surface area contributed by atoms with Crippen LogP contribution in [0.2, 0.25) is 0 Å². The van der Waals surface area contributed by atoms with Gasteiger partial charge in [-0.25, -0.2) is 14.4 Å². The highest BCUT2D eigenvalue weighted by Crippen LogP contribution is 2.30. The molecule has 4 aromatic rings. The van der Waals surface area contributed by atoms with Crippen molar-refractivity contribution in [3.05, 3.63) is 53.9 Å². The first-order chi connectivity index (χ1) is 11.4. The third-order valence-corrected chi connectivity index (χ3v) is 4.24. The number of H-pyrrole nitrogens is 1. The molecule has 2 N–H and O–H groups in total. The standard InChI is InChI=1S/C18H17FN4O/c1-10-22-16(11-4-5-12(13(19)8-11)18(2,3)24)15-9-21-17-14(23(10)15)6-7-20-17/h4-9,20,24H,1-3H3. The maximum Gasteiger partial charge on any atom is 0.154 e. The van der Waals surface area contributed by atoms with Crippen LogP contribution in [-0.2, 0) is 5.60 Å². The first-order valence-corrected chi connectivity index (χ1v) is 7.70. The molecule has 4 rings (SSSR count). The molecule has 0 amide bonds. The molecular weight excluding hydrogens is 307 g/mol. The van der Waals surface area contributed by atoms with E-state index in [9.17, 15) is 9.50 Å². The van der Waals surface area contributed by atoms with Gasteiger partial charge in [-0.3, -0.25) is 4.40 Å². The lowest BCUT2D eigenvalue weighted by Crippen LogP contribution is -2.17. The summed E-state index contributed by atoms with van der Waals surface area (Å²) in [6, 6.07) is 6.73. The molecule has 0 spiro atoms. The number of halogens is 1. The fraction of sp³-hybridized carbons (Fsp3) is 0.222. The third kappa shape index (κ3) is 2.11. The molecule has 0 bridgehead atoms. The molecular formula is C18H17FN4O. The number of fused-ring (bicyclic) bond motifs is 3. The molecule has 0 aliphatic heterocycles. The Balaban J connectivity index is 1.96. The van der Waals surface area contributed by atoms with E-state index in [1.54, 1.807) is 32.2 Å². The maximum atomic E-state index is 14.4. The maximum absolute atomic E-state index is 14.4. The average molecular weight is 324 g/mol. The van der Waals surface area contributed by atoms with Gasteiger partial charge in [0.15, 0.2) is 5.65 Å². The molecule has 0 saturated carbocycles. The molecule has 122 valence electrons. The van der Waals surface area contributed by atoms with Crippen molar-refractivity contribution in [2.75, 3.05) is 0 Å². The largest absolute Gasteiger partial charge is 0.386 e. The molecule has 0 fully saturated rings. The SMILES string of the molecule is Cc1nc(-c2ccc(C(C)(C)O)c(F)c2)c2cnc3[nH]ccc3n12. The van der Waals surface area contributed by atoms with Crippen molar-refractivity contribution >= 4 is 16.7 Å². The lowest BCUT2D eigenvalue weighted by Gasteiger charge is -2.18. The van der Waals surface area contributed by atoms with E-state index in [4.69, 9.17) is 0 Å². The summed E-state index contributed by atoms with van der Waals surface area (Å²) < 4.78 is 16.4. The summed E-state index contributed by atoms with van der Waals surface area (Å²) in [7, 11) is 0. The number of nitrogens with one attached hydrogen (secondary N) is 1. The zero-order chi connectivity index (χ0) is 17.1. The lowest BCUT2D eigenvalue weighted by atomic mass is 9.96. The Hall–Kier alpha value is -2.73. The van der Waals surface area contributed by atoms with Gasteiger partial charge in [0.2, 0.25) is 0 Å². The van der Waals surface area contributed by atoms with E-state index >= 15 is 0 Å². The van der Waals surface area contributed by atoms with E-state index in [1.165, 1.54) is 6.07 Å². The lowest BCUT2D eigenvalue weighted by molar-refractivity contribution is 0.0746. The number of rotatable bonds is 2. The molecule has 0 saturated heterocycles. The number of benzene rings is 1. The fourth-order valence-corrected chi connectivity index (χ4v) is 3.11. The highest BCUT2D eigenvalue weighted by Gasteiger charge is 2.22. The number of aromatic amines is 1. The first-order valence-electron chi connectivity index (χ1n) is 7.70. The van der Waals surface area contributed by atoms with Crippen molar-refractivity contribution in [2.24, 2.45) is 0 Å². The van der Waals surface area contributed by atoms with Gasteiger partial charge in [-0.05, 0) is 32.9 Å². The minimum atomic E-state index is -1.23. The van der Waals surface area contributed by atoms with E-state index in [0.717, 1.165) is 22.5 Å². The predicted octanol–water partition coefficient (Wildman–Crippen LogP) is 3.55. The molecule has 0 atom stereocenters. The molecule has 5 nitrogen and oxygen atoms in total. The van der Waals surface area contributed by atoms with Crippen LogP contribution in [-0.4, -0.2) is 24.5 Å². The van der Waals surface area contributed by atoms with Crippen LogP contribution in [0.25, 0.3) is 27.9 Å². The molecule has 24 heavy (non-hydrogen) atoms. The molecule has 1 aromatic carbocycles. The van der Waals surface area contributed by atoms with Crippen molar-refractivity contribution in [1.29, 1.82) is 0 Å². The second kappa shape index (κ2) is 4.88. The second-order valence-corrected chi connectivity index (χ2v) is 6.45. The van der Waals surface area contributed by atoms with E-state index in [-0.39, 0.29) is 5.56 Å². The number of nitrogens with zero attached hydrogens (tertiary/aromatic N) is 3. The molecule has 0 aliphatic carbocycles. The Morgan fingerprint density at radius 3 is 2.71 bits per heavy atom. The van der Waals surface area contributed by atoms with Crippen molar-refractivity contribution < 1.29 is 9.50 Å². The minimum absolute atomic E-state index is 0.262. The van der Waals surface area contributed by atoms with Gasteiger partial charge in [0.05, 0.1) is 28.5 Å². The summed E-state index contributed by atoms with van der Waals surface area (Å²) in [5.74, 6) is 0.355. The number of aliphatic hydroxyl groups is 1. The summed E-state index contributed by atoms with van der Waals surface area (Å²) >= 11 is 0. The molecule has 3 heterocycles. The average Bonchev–Trinajstić information content (AvgIpc) is 3.09. The fourth-order valence-electron chi connectivity index (χ4n) is 3.11. The summed E-state index contributed by atoms with van der Waals surface area (Å²) in [5.41, 5.74) is 2.88. The number of imidazole rings is 1. The summed E-state index contributed by atoms with van der Waals surface area (Å²) in [6.07, 6.45) is 3.56.